The smallest absolute Gasteiger partial charge is 0.269 e. The molecular weight excluding hydrogens is 264 g/mol. The number of nitrogens with one attached hydrogen (secondary N) is 2. The topological polar surface area (TPSA) is 70.7 Å². The van der Waals surface area contributed by atoms with E-state index in [2.05, 4.69) is 20.5 Å². The molecule has 100 valence electrons. The SMILES string of the molecule is Cc1n[nH]c(C)c1CCNC(=O)c1ccc(Cl)cn1. The average molecular weight is 279 g/mol. The normalized spacial score (nSPS) is 10.5. The first-order valence-electron chi connectivity index (χ1n) is 5.98. The molecule has 0 aliphatic carbocycles. The highest BCUT2D eigenvalue weighted by Crippen LogP contribution is 2.09. The van der Waals surface area contributed by atoms with Crippen molar-refractivity contribution in [1.82, 2.24) is 20.5 Å². The molecule has 1 amide bonds. The molecule has 0 atom stereocenters. The molecule has 5 nitrogen and oxygen atoms in total. The summed E-state index contributed by atoms with van der Waals surface area (Å²) in [6.45, 7) is 4.46. The third kappa shape index (κ3) is 3.32. The molecule has 0 saturated heterocycles. The van der Waals surface area contributed by atoms with Gasteiger partial charge in [0.1, 0.15) is 5.69 Å². The van der Waals surface area contributed by atoms with Gasteiger partial charge in [-0.05, 0) is 38.0 Å². The molecule has 0 radical (unpaired) electrons. The van der Waals surface area contributed by atoms with Gasteiger partial charge in [0.05, 0.1) is 10.7 Å². The van der Waals surface area contributed by atoms with Gasteiger partial charge in [-0.2, -0.15) is 5.10 Å². The zero-order chi connectivity index (χ0) is 13.8. The van der Waals surface area contributed by atoms with Gasteiger partial charge in [0.2, 0.25) is 0 Å². The summed E-state index contributed by atoms with van der Waals surface area (Å²) in [7, 11) is 0. The summed E-state index contributed by atoms with van der Waals surface area (Å²) in [4.78, 5) is 15.8. The summed E-state index contributed by atoms with van der Waals surface area (Å²) in [6, 6.07) is 3.25. The third-order valence-corrected chi connectivity index (χ3v) is 3.12. The number of rotatable bonds is 4. The minimum atomic E-state index is -0.199. The van der Waals surface area contributed by atoms with E-state index in [1.165, 1.54) is 6.20 Å². The maximum Gasteiger partial charge on any atom is 0.269 e. The quantitative estimate of drug-likeness (QED) is 0.899. The van der Waals surface area contributed by atoms with E-state index in [1.807, 2.05) is 13.8 Å². The summed E-state index contributed by atoms with van der Waals surface area (Å²) in [5, 5.41) is 10.4. The number of amides is 1. The molecule has 2 heterocycles. The lowest BCUT2D eigenvalue weighted by atomic mass is 10.1. The van der Waals surface area contributed by atoms with Crippen LogP contribution in [0.4, 0.5) is 0 Å². The first-order valence-corrected chi connectivity index (χ1v) is 6.36. The van der Waals surface area contributed by atoms with E-state index in [0.29, 0.717) is 17.3 Å². The van der Waals surface area contributed by atoms with Crippen molar-refractivity contribution in [1.29, 1.82) is 0 Å². The van der Waals surface area contributed by atoms with Crippen molar-refractivity contribution in [2.75, 3.05) is 6.54 Å². The number of aromatic amines is 1. The zero-order valence-corrected chi connectivity index (χ0v) is 11.6. The molecule has 2 aromatic heterocycles. The van der Waals surface area contributed by atoms with Crippen LogP contribution in [0.25, 0.3) is 0 Å². The molecule has 2 N–H and O–H groups in total. The van der Waals surface area contributed by atoms with Crippen LogP contribution in [0.15, 0.2) is 18.3 Å². The molecule has 0 saturated carbocycles. The maximum absolute atomic E-state index is 11.8. The number of aromatic nitrogens is 3. The minimum absolute atomic E-state index is 0.199. The van der Waals surface area contributed by atoms with Crippen LogP contribution in [-0.4, -0.2) is 27.6 Å². The molecule has 0 aliphatic heterocycles. The third-order valence-electron chi connectivity index (χ3n) is 2.90. The van der Waals surface area contributed by atoms with Gasteiger partial charge in [-0.25, -0.2) is 4.98 Å². The highest BCUT2D eigenvalue weighted by atomic mass is 35.5. The molecular formula is C13H15ClN4O. The second-order valence-corrected chi connectivity index (χ2v) is 4.72. The number of H-pyrrole nitrogens is 1. The predicted molar refractivity (Wildman–Crippen MR) is 73.3 cm³/mol. The van der Waals surface area contributed by atoms with Gasteiger partial charge in [-0.3, -0.25) is 9.89 Å². The van der Waals surface area contributed by atoms with E-state index in [4.69, 9.17) is 11.6 Å². The standard InChI is InChI=1S/C13H15ClN4O/c1-8-11(9(2)18-17-8)5-6-15-13(19)12-4-3-10(14)7-16-12/h3-4,7H,5-6H2,1-2H3,(H,15,19)(H,17,18). The van der Waals surface area contributed by atoms with Gasteiger partial charge < -0.3 is 5.32 Å². The van der Waals surface area contributed by atoms with Gasteiger partial charge in [0, 0.05) is 18.4 Å². The van der Waals surface area contributed by atoms with Gasteiger partial charge in [0.15, 0.2) is 0 Å². The minimum Gasteiger partial charge on any atom is -0.350 e. The van der Waals surface area contributed by atoms with E-state index in [9.17, 15) is 4.79 Å². The van der Waals surface area contributed by atoms with Crippen molar-refractivity contribution in [2.24, 2.45) is 0 Å². The van der Waals surface area contributed by atoms with Crippen LogP contribution >= 0.6 is 11.6 Å². The van der Waals surface area contributed by atoms with Crippen molar-refractivity contribution in [3.8, 4) is 0 Å². The fourth-order valence-corrected chi connectivity index (χ4v) is 1.96. The van der Waals surface area contributed by atoms with E-state index >= 15 is 0 Å². The molecule has 0 aromatic carbocycles. The van der Waals surface area contributed by atoms with Crippen LogP contribution in [0.1, 0.15) is 27.4 Å². The number of pyridine rings is 1. The number of hydrogen-bond donors (Lipinski definition) is 2. The van der Waals surface area contributed by atoms with Gasteiger partial charge >= 0.3 is 0 Å². The molecule has 0 aliphatic rings. The number of halogens is 1. The Morgan fingerprint density at radius 3 is 2.79 bits per heavy atom. The van der Waals surface area contributed by atoms with Gasteiger partial charge in [-0.15, -0.1) is 0 Å². The Kier molecular flexibility index (Phi) is 4.16. The summed E-state index contributed by atoms with van der Waals surface area (Å²) >= 11 is 5.72. The van der Waals surface area contributed by atoms with Crippen LogP contribution in [0.3, 0.4) is 0 Å². The summed E-state index contributed by atoms with van der Waals surface area (Å²) in [6.07, 6.45) is 2.20. The summed E-state index contributed by atoms with van der Waals surface area (Å²) in [5.41, 5.74) is 3.52. The molecule has 19 heavy (non-hydrogen) atoms. The van der Waals surface area contributed by atoms with E-state index < -0.39 is 0 Å². The van der Waals surface area contributed by atoms with Crippen LogP contribution in [0.5, 0.6) is 0 Å². The Morgan fingerprint density at radius 2 is 2.21 bits per heavy atom. The Balaban J connectivity index is 1.89. The fraction of sp³-hybridized carbons (Fsp3) is 0.308. The van der Waals surface area contributed by atoms with Crippen LogP contribution < -0.4 is 5.32 Å². The van der Waals surface area contributed by atoms with E-state index in [1.54, 1.807) is 12.1 Å². The molecule has 0 bridgehead atoms. The molecule has 0 fully saturated rings. The van der Waals surface area contributed by atoms with Crippen molar-refractivity contribution in [3.05, 3.63) is 46.0 Å². The second kappa shape index (κ2) is 5.84. The van der Waals surface area contributed by atoms with Crippen molar-refractivity contribution >= 4 is 17.5 Å². The summed E-state index contributed by atoms with van der Waals surface area (Å²) in [5.74, 6) is -0.199. The number of aryl methyl sites for hydroxylation is 2. The highest BCUT2D eigenvalue weighted by Gasteiger charge is 2.09. The van der Waals surface area contributed by atoms with Crippen LogP contribution in [0, 0.1) is 13.8 Å². The maximum atomic E-state index is 11.8. The van der Waals surface area contributed by atoms with E-state index in [0.717, 1.165) is 23.4 Å². The molecule has 0 unspecified atom stereocenters. The molecule has 2 aromatic rings. The first-order chi connectivity index (χ1) is 9.08. The number of carbonyl (C=O) groups excluding carboxylic acids is 1. The second-order valence-electron chi connectivity index (χ2n) is 4.28. The van der Waals surface area contributed by atoms with Crippen LogP contribution in [-0.2, 0) is 6.42 Å². The van der Waals surface area contributed by atoms with E-state index in [-0.39, 0.29) is 5.91 Å². The van der Waals surface area contributed by atoms with Gasteiger partial charge in [-0.1, -0.05) is 11.6 Å². The monoisotopic (exact) mass is 278 g/mol. The lowest BCUT2D eigenvalue weighted by Crippen LogP contribution is -2.26. The summed E-state index contributed by atoms with van der Waals surface area (Å²) < 4.78 is 0. The Bertz CT molecular complexity index is 557. The largest absolute Gasteiger partial charge is 0.350 e. The molecule has 0 spiro atoms. The fourth-order valence-electron chi connectivity index (χ4n) is 1.84. The van der Waals surface area contributed by atoms with Crippen molar-refractivity contribution in [3.63, 3.8) is 0 Å². The zero-order valence-electron chi connectivity index (χ0n) is 10.8. The van der Waals surface area contributed by atoms with Crippen LogP contribution in [0.2, 0.25) is 5.02 Å². The lowest BCUT2D eigenvalue weighted by molar-refractivity contribution is 0.0949. The number of hydrogen-bond acceptors (Lipinski definition) is 3. The van der Waals surface area contributed by atoms with Crippen molar-refractivity contribution < 1.29 is 4.79 Å². The Hall–Kier alpha value is -1.88. The predicted octanol–water partition coefficient (Wildman–Crippen LogP) is 2.05. The number of nitrogens with zero attached hydrogens (tertiary/aromatic N) is 2. The highest BCUT2D eigenvalue weighted by molar-refractivity contribution is 6.30. The Morgan fingerprint density at radius 1 is 1.42 bits per heavy atom. The average Bonchev–Trinajstić information content (AvgIpc) is 2.71. The lowest BCUT2D eigenvalue weighted by Gasteiger charge is -2.05. The Labute approximate surface area is 116 Å². The first kappa shape index (κ1) is 13.5. The molecule has 2 rings (SSSR count). The van der Waals surface area contributed by atoms with Gasteiger partial charge in [0.25, 0.3) is 5.91 Å². The number of carbonyl (C=O) groups is 1. The van der Waals surface area contributed by atoms with Crippen molar-refractivity contribution in [2.45, 2.75) is 20.3 Å². The molecule has 6 heteroatoms.